The van der Waals surface area contributed by atoms with Crippen molar-refractivity contribution in [1.82, 2.24) is 15.5 Å². The van der Waals surface area contributed by atoms with Gasteiger partial charge in [-0.15, -0.1) is 0 Å². The van der Waals surface area contributed by atoms with E-state index in [1.165, 1.54) is 36.4 Å². The molecule has 1 aliphatic carbocycles. The second-order valence-corrected chi connectivity index (χ2v) is 8.15. The molecule has 0 bridgehead atoms. The summed E-state index contributed by atoms with van der Waals surface area (Å²) in [6.45, 7) is 1.25. The molecule has 0 aromatic heterocycles. The van der Waals surface area contributed by atoms with E-state index in [4.69, 9.17) is 0 Å². The van der Waals surface area contributed by atoms with Crippen molar-refractivity contribution in [3.63, 3.8) is 0 Å². The van der Waals surface area contributed by atoms with Gasteiger partial charge in [-0.1, -0.05) is 12.1 Å². The topological polar surface area (TPSA) is 73.5 Å². The number of hydrogen-bond donors (Lipinski definition) is 3. The highest BCUT2D eigenvalue weighted by Gasteiger charge is 2.34. The molecule has 1 saturated heterocycles. The summed E-state index contributed by atoms with van der Waals surface area (Å²) in [5.41, 5.74) is 1.28. The molecule has 2 aliphatic rings. The largest absolute Gasteiger partial charge is 0.352 e. The maximum atomic E-state index is 13.4. The number of likely N-dealkylation sites (tertiary alicyclic amines) is 1. The van der Waals surface area contributed by atoms with Crippen LogP contribution in [0.3, 0.4) is 0 Å². The molecule has 3 N–H and O–H groups in total. The molecule has 8 heteroatoms. The van der Waals surface area contributed by atoms with Crippen molar-refractivity contribution in [2.24, 2.45) is 0 Å². The molecule has 2 aromatic rings. The van der Waals surface area contributed by atoms with Crippen molar-refractivity contribution in [2.45, 2.75) is 43.8 Å². The Bertz CT molecular complexity index is 908. The first-order valence-corrected chi connectivity index (χ1v) is 10.6. The Morgan fingerprint density at radius 1 is 0.806 bits per heavy atom. The molecule has 2 aromatic carbocycles. The van der Waals surface area contributed by atoms with Crippen LogP contribution in [-0.2, 0) is 4.79 Å². The molecule has 1 unspecified atom stereocenters. The van der Waals surface area contributed by atoms with Crippen LogP contribution < -0.4 is 16.0 Å². The van der Waals surface area contributed by atoms with Gasteiger partial charge in [-0.05, 0) is 67.6 Å². The standard InChI is InChI=1S/C23H26F2N4O2/c24-16-3-1-15(2-4-16)21(22(30)26-18-9-10-18)29-13-11-20(12-14-29)28-23(31)27-19-7-5-17(25)6-8-19/h1-8,18,20-21H,9-14H2,(H,26,30)(H2,27,28,31). The number of nitrogens with zero attached hydrogens (tertiary/aromatic N) is 1. The van der Waals surface area contributed by atoms with E-state index in [9.17, 15) is 18.4 Å². The third-order valence-electron chi connectivity index (χ3n) is 5.69. The predicted octanol–water partition coefficient (Wildman–Crippen LogP) is 3.57. The van der Waals surface area contributed by atoms with Gasteiger partial charge in [-0.25, -0.2) is 13.6 Å². The van der Waals surface area contributed by atoms with Crippen molar-refractivity contribution in [3.8, 4) is 0 Å². The molecule has 2 fully saturated rings. The minimum absolute atomic E-state index is 0.0305. The van der Waals surface area contributed by atoms with Crippen molar-refractivity contribution in [1.29, 1.82) is 0 Å². The fourth-order valence-electron chi connectivity index (χ4n) is 3.87. The van der Waals surface area contributed by atoms with E-state index >= 15 is 0 Å². The second-order valence-electron chi connectivity index (χ2n) is 8.15. The first-order chi connectivity index (χ1) is 15.0. The SMILES string of the molecule is O=C(Nc1ccc(F)cc1)NC1CCN(C(C(=O)NC2CC2)c2ccc(F)cc2)CC1. The van der Waals surface area contributed by atoms with E-state index in [-0.39, 0.29) is 35.7 Å². The molecule has 4 rings (SSSR count). The number of nitrogens with one attached hydrogen (secondary N) is 3. The quantitative estimate of drug-likeness (QED) is 0.659. The van der Waals surface area contributed by atoms with Gasteiger partial charge in [-0.2, -0.15) is 0 Å². The number of piperidine rings is 1. The highest BCUT2D eigenvalue weighted by Crippen LogP contribution is 2.28. The molecule has 1 saturated carbocycles. The molecule has 6 nitrogen and oxygen atoms in total. The zero-order chi connectivity index (χ0) is 21.8. The van der Waals surface area contributed by atoms with Gasteiger partial charge in [-0.3, -0.25) is 9.69 Å². The summed E-state index contributed by atoms with van der Waals surface area (Å²) >= 11 is 0. The van der Waals surface area contributed by atoms with Crippen LogP contribution in [0.2, 0.25) is 0 Å². The zero-order valence-electron chi connectivity index (χ0n) is 17.1. The Morgan fingerprint density at radius 3 is 1.94 bits per heavy atom. The van der Waals surface area contributed by atoms with Crippen LogP contribution in [0, 0.1) is 11.6 Å². The highest BCUT2D eigenvalue weighted by molar-refractivity contribution is 5.89. The zero-order valence-corrected chi connectivity index (χ0v) is 17.1. The number of amides is 3. The first kappa shape index (κ1) is 21.2. The van der Waals surface area contributed by atoms with Gasteiger partial charge < -0.3 is 16.0 Å². The van der Waals surface area contributed by atoms with Crippen LogP contribution in [-0.4, -0.2) is 42.0 Å². The summed E-state index contributed by atoms with van der Waals surface area (Å²) < 4.78 is 26.4. The number of carbonyl (C=O) groups is 2. The van der Waals surface area contributed by atoms with Crippen molar-refractivity contribution >= 4 is 17.6 Å². The van der Waals surface area contributed by atoms with E-state index in [0.29, 0.717) is 31.6 Å². The Labute approximate surface area is 180 Å². The van der Waals surface area contributed by atoms with Crippen LogP contribution in [0.15, 0.2) is 48.5 Å². The monoisotopic (exact) mass is 428 g/mol. The lowest BCUT2D eigenvalue weighted by Crippen LogP contribution is -2.49. The molecule has 3 amide bonds. The van der Waals surface area contributed by atoms with Crippen LogP contribution in [0.5, 0.6) is 0 Å². The van der Waals surface area contributed by atoms with E-state index in [1.54, 1.807) is 12.1 Å². The molecule has 1 atom stereocenters. The number of hydrogen-bond acceptors (Lipinski definition) is 3. The summed E-state index contributed by atoms with van der Waals surface area (Å²) in [4.78, 5) is 27.2. The van der Waals surface area contributed by atoms with Crippen LogP contribution in [0.4, 0.5) is 19.3 Å². The Morgan fingerprint density at radius 2 is 1.35 bits per heavy atom. The molecule has 0 radical (unpaired) electrons. The van der Waals surface area contributed by atoms with Crippen molar-refractivity contribution in [2.75, 3.05) is 18.4 Å². The summed E-state index contributed by atoms with van der Waals surface area (Å²) in [6, 6.07) is 11.0. The predicted molar refractivity (Wildman–Crippen MR) is 113 cm³/mol. The van der Waals surface area contributed by atoms with Crippen LogP contribution in [0.1, 0.15) is 37.3 Å². The van der Waals surface area contributed by atoms with E-state index < -0.39 is 6.04 Å². The Kier molecular flexibility index (Phi) is 6.46. The van der Waals surface area contributed by atoms with E-state index in [2.05, 4.69) is 20.9 Å². The van der Waals surface area contributed by atoms with Gasteiger partial charge >= 0.3 is 6.03 Å². The minimum Gasteiger partial charge on any atom is -0.352 e. The average molecular weight is 428 g/mol. The number of anilines is 1. The number of halogens is 2. The van der Waals surface area contributed by atoms with Crippen LogP contribution in [0.25, 0.3) is 0 Å². The molecule has 1 aliphatic heterocycles. The van der Waals surface area contributed by atoms with Gasteiger partial charge in [0.1, 0.15) is 17.7 Å². The lowest BCUT2D eigenvalue weighted by Gasteiger charge is -2.37. The van der Waals surface area contributed by atoms with Gasteiger partial charge in [0, 0.05) is 30.9 Å². The molecule has 164 valence electrons. The minimum atomic E-state index is -0.477. The smallest absolute Gasteiger partial charge is 0.319 e. The van der Waals surface area contributed by atoms with Gasteiger partial charge in [0.05, 0.1) is 0 Å². The first-order valence-electron chi connectivity index (χ1n) is 10.6. The average Bonchev–Trinajstić information content (AvgIpc) is 3.56. The molecular formula is C23H26F2N4O2. The number of benzene rings is 2. The number of urea groups is 1. The van der Waals surface area contributed by atoms with E-state index in [1.807, 2.05) is 0 Å². The maximum Gasteiger partial charge on any atom is 0.319 e. The third-order valence-corrected chi connectivity index (χ3v) is 5.69. The van der Waals surface area contributed by atoms with Crippen molar-refractivity contribution < 1.29 is 18.4 Å². The summed E-state index contributed by atoms with van der Waals surface area (Å²) in [6.07, 6.45) is 3.37. The Balaban J connectivity index is 1.34. The van der Waals surface area contributed by atoms with Gasteiger partial charge in [0.2, 0.25) is 5.91 Å². The van der Waals surface area contributed by atoms with Gasteiger partial charge in [0.25, 0.3) is 0 Å². The highest BCUT2D eigenvalue weighted by atomic mass is 19.1. The van der Waals surface area contributed by atoms with Crippen LogP contribution >= 0.6 is 0 Å². The summed E-state index contributed by atoms with van der Waals surface area (Å²) in [5, 5.41) is 8.70. The van der Waals surface area contributed by atoms with Crippen molar-refractivity contribution in [3.05, 3.63) is 65.7 Å². The molecule has 1 heterocycles. The third kappa shape index (κ3) is 5.79. The lowest BCUT2D eigenvalue weighted by atomic mass is 9.98. The number of carbonyl (C=O) groups excluding carboxylic acids is 2. The lowest BCUT2D eigenvalue weighted by molar-refractivity contribution is -0.127. The molecule has 0 spiro atoms. The van der Waals surface area contributed by atoms with Gasteiger partial charge in [0.15, 0.2) is 0 Å². The Hall–Kier alpha value is -3.00. The summed E-state index contributed by atoms with van der Waals surface area (Å²) in [5.74, 6) is -0.755. The summed E-state index contributed by atoms with van der Waals surface area (Å²) in [7, 11) is 0. The fourth-order valence-corrected chi connectivity index (χ4v) is 3.87. The molecular weight excluding hydrogens is 402 g/mol. The second kappa shape index (κ2) is 9.43. The normalized spacial score (nSPS) is 18.3. The fraction of sp³-hybridized carbons (Fsp3) is 0.391. The van der Waals surface area contributed by atoms with E-state index in [0.717, 1.165) is 18.4 Å². The number of rotatable bonds is 6. The maximum absolute atomic E-state index is 13.4. The molecule has 31 heavy (non-hydrogen) atoms.